The van der Waals surface area contributed by atoms with E-state index in [-0.39, 0.29) is 17.9 Å². The van der Waals surface area contributed by atoms with Gasteiger partial charge in [0.05, 0.1) is 5.71 Å². The lowest BCUT2D eigenvalue weighted by Gasteiger charge is -2.23. The van der Waals surface area contributed by atoms with Gasteiger partial charge in [-0.25, -0.2) is 0 Å². The van der Waals surface area contributed by atoms with Crippen molar-refractivity contribution in [1.29, 1.82) is 0 Å². The molecular weight excluding hydrogens is 278 g/mol. The van der Waals surface area contributed by atoms with Crippen molar-refractivity contribution >= 4 is 18.3 Å². The van der Waals surface area contributed by atoms with Crippen molar-refractivity contribution in [2.24, 2.45) is 22.0 Å². The first-order valence-corrected chi connectivity index (χ1v) is 8.33. The molecule has 6 heteroatoms. The van der Waals surface area contributed by atoms with E-state index in [2.05, 4.69) is 50.2 Å². The Balaban J connectivity index is 2.86. The highest BCUT2D eigenvalue weighted by Gasteiger charge is 2.21. The molecule has 0 aliphatic carbocycles. The number of carbonyl (C=O) groups is 1. The molecule has 0 spiro atoms. The fraction of sp³-hybridized carbons (Fsp3) is 0.812. The Morgan fingerprint density at radius 1 is 1.45 bits per heavy atom. The summed E-state index contributed by atoms with van der Waals surface area (Å²) in [7, 11) is 0. The Hall–Kier alpha value is -1.59. The lowest BCUT2D eigenvalue weighted by Crippen LogP contribution is -2.34. The number of nitrogens with one attached hydrogen (secondary N) is 1. The topological polar surface area (TPSA) is 60.3 Å². The van der Waals surface area contributed by atoms with Crippen LogP contribution in [0.1, 0.15) is 41.0 Å². The first kappa shape index (κ1) is 18.5. The molecule has 1 N–H and O–H groups in total. The van der Waals surface area contributed by atoms with Gasteiger partial charge in [-0.2, -0.15) is 10.2 Å². The highest BCUT2D eigenvalue weighted by atomic mass is 16.1. The second kappa shape index (κ2) is 9.43. The van der Waals surface area contributed by atoms with Crippen molar-refractivity contribution in [3.8, 4) is 0 Å². The van der Waals surface area contributed by atoms with E-state index in [9.17, 15) is 4.79 Å². The molecule has 1 amide bonds. The summed E-state index contributed by atoms with van der Waals surface area (Å²) in [6, 6.07) is 0.259. The minimum absolute atomic E-state index is 0.141. The molecule has 1 aliphatic rings. The monoisotopic (exact) mass is 309 g/mol. The van der Waals surface area contributed by atoms with Gasteiger partial charge in [0.1, 0.15) is 0 Å². The molecule has 0 saturated carbocycles. The number of hydrogen-bond acceptors (Lipinski definition) is 5. The lowest BCUT2D eigenvalue weighted by molar-refractivity contribution is -0.118. The summed E-state index contributed by atoms with van der Waals surface area (Å²) in [5.41, 5.74) is 4.27. The van der Waals surface area contributed by atoms with Crippen LogP contribution in [0.15, 0.2) is 10.2 Å². The molecule has 3 atom stereocenters. The van der Waals surface area contributed by atoms with Gasteiger partial charge in [-0.1, -0.05) is 13.8 Å². The number of nitrogens with zero attached hydrogens (tertiary/aromatic N) is 4. The maximum atomic E-state index is 11.2. The first-order valence-electron chi connectivity index (χ1n) is 8.33. The molecule has 3 unspecified atom stereocenters. The summed E-state index contributed by atoms with van der Waals surface area (Å²) in [6.45, 7) is 13.8. The third-order valence-electron chi connectivity index (χ3n) is 4.08. The summed E-state index contributed by atoms with van der Waals surface area (Å²) in [5.74, 6) is 0.350. The number of hydrazone groups is 2. The van der Waals surface area contributed by atoms with Gasteiger partial charge < -0.3 is 10.3 Å². The van der Waals surface area contributed by atoms with E-state index in [1.54, 1.807) is 0 Å². The average molecular weight is 309 g/mol. The van der Waals surface area contributed by atoms with Crippen LogP contribution in [0.25, 0.3) is 0 Å². The Kier molecular flexibility index (Phi) is 7.91. The Bertz CT molecular complexity index is 392. The minimum atomic E-state index is 0.141. The van der Waals surface area contributed by atoms with Gasteiger partial charge in [-0.3, -0.25) is 9.80 Å². The van der Waals surface area contributed by atoms with E-state index in [1.807, 2.05) is 16.1 Å². The van der Waals surface area contributed by atoms with E-state index >= 15 is 0 Å². The molecule has 0 fully saturated rings. The fourth-order valence-electron chi connectivity index (χ4n) is 2.56. The number of hydrogen-bond donors (Lipinski definition) is 1. The quantitative estimate of drug-likeness (QED) is 0.462. The summed E-state index contributed by atoms with van der Waals surface area (Å²) in [5, 5.41) is 11.2. The maximum absolute atomic E-state index is 11.2. The van der Waals surface area contributed by atoms with E-state index in [1.165, 1.54) is 0 Å². The zero-order chi connectivity index (χ0) is 16.5. The van der Waals surface area contributed by atoms with Crippen molar-refractivity contribution in [2.75, 3.05) is 26.2 Å². The molecule has 0 bridgehead atoms. The Morgan fingerprint density at radius 3 is 2.73 bits per heavy atom. The molecule has 1 heterocycles. The highest BCUT2D eigenvalue weighted by Crippen LogP contribution is 2.12. The summed E-state index contributed by atoms with van der Waals surface area (Å²) < 4.78 is 0. The van der Waals surface area contributed by atoms with Crippen molar-refractivity contribution in [3.63, 3.8) is 0 Å². The summed E-state index contributed by atoms with van der Waals surface area (Å²) >= 11 is 0. The highest BCUT2D eigenvalue weighted by molar-refractivity contribution is 5.99. The van der Waals surface area contributed by atoms with Gasteiger partial charge >= 0.3 is 0 Å². The Labute approximate surface area is 134 Å². The molecule has 0 radical (unpaired) electrons. The molecular formula is C16H31N5O. The molecule has 0 aromatic rings. The van der Waals surface area contributed by atoms with Crippen LogP contribution < -0.4 is 5.43 Å². The van der Waals surface area contributed by atoms with Crippen LogP contribution in [0.3, 0.4) is 0 Å². The van der Waals surface area contributed by atoms with Crippen LogP contribution in [0.2, 0.25) is 0 Å². The number of rotatable bonds is 6. The molecule has 6 nitrogen and oxygen atoms in total. The van der Waals surface area contributed by atoms with Crippen molar-refractivity contribution in [1.82, 2.24) is 15.3 Å². The van der Waals surface area contributed by atoms with E-state index < -0.39 is 0 Å². The number of carbonyl (C=O) groups excluding carboxylic acids is 1. The largest absolute Gasteiger partial charge is 0.345 e. The van der Waals surface area contributed by atoms with Crippen molar-refractivity contribution in [2.45, 2.75) is 47.1 Å². The van der Waals surface area contributed by atoms with Crippen LogP contribution in [-0.2, 0) is 4.79 Å². The standard InChI is InChI=1S/C16H31N5O/c1-6-21(7-2)17-10-13(3)16-14(4)11-20(12-22)9-8-15(5)18-19-16/h10,12-15,18H,6-9,11H2,1-5H3/b17-10-,19-16-. The number of amides is 1. The van der Waals surface area contributed by atoms with E-state index in [0.29, 0.717) is 6.54 Å². The van der Waals surface area contributed by atoms with Gasteiger partial charge in [0, 0.05) is 50.3 Å². The van der Waals surface area contributed by atoms with Crippen LogP contribution in [0, 0.1) is 11.8 Å². The van der Waals surface area contributed by atoms with Gasteiger partial charge in [-0.05, 0) is 27.2 Å². The van der Waals surface area contributed by atoms with Crippen LogP contribution in [-0.4, -0.2) is 60.5 Å². The molecule has 0 saturated heterocycles. The first-order chi connectivity index (χ1) is 10.5. The zero-order valence-electron chi connectivity index (χ0n) is 14.6. The van der Waals surface area contributed by atoms with E-state index in [4.69, 9.17) is 0 Å². The Morgan fingerprint density at radius 2 is 2.14 bits per heavy atom. The van der Waals surface area contributed by atoms with Gasteiger partial charge in [-0.15, -0.1) is 0 Å². The summed E-state index contributed by atoms with van der Waals surface area (Å²) in [4.78, 5) is 13.0. The molecule has 22 heavy (non-hydrogen) atoms. The van der Waals surface area contributed by atoms with Crippen molar-refractivity contribution < 1.29 is 4.79 Å². The maximum Gasteiger partial charge on any atom is 0.209 e. The smallest absolute Gasteiger partial charge is 0.209 e. The predicted molar refractivity (Wildman–Crippen MR) is 92.0 cm³/mol. The SMILES string of the molecule is CCN(CC)/N=C\C(C)/C1=N/NC(C)CCN(C=O)CC1C. The zero-order valence-corrected chi connectivity index (χ0v) is 14.6. The summed E-state index contributed by atoms with van der Waals surface area (Å²) in [6.07, 6.45) is 3.81. The van der Waals surface area contributed by atoms with E-state index in [0.717, 1.165) is 38.2 Å². The van der Waals surface area contributed by atoms with Gasteiger partial charge in [0.25, 0.3) is 0 Å². The normalized spacial score (nSPS) is 27.1. The second-order valence-corrected chi connectivity index (χ2v) is 6.05. The molecule has 1 aliphatic heterocycles. The van der Waals surface area contributed by atoms with Crippen LogP contribution >= 0.6 is 0 Å². The third kappa shape index (κ3) is 5.66. The third-order valence-corrected chi connectivity index (χ3v) is 4.08. The lowest BCUT2D eigenvalue weighted by atomic mass is 9.95. The minimum Gasteiger partial charge on any atom is -0.345 e. The fourth-order valence-corrected chi connectivity index (χ4v) is 2.56. The van der Waals surface area contributed by atoms with Crippen molar-refractivity contribution in [3.05, 3.63) is 0 Å². The second-order valence-electron chi connectivity index (χ2n) is 6.05. The molecule has 0 aromatic carbocycles. The van der Waals surface area contributed by atoms with Crippen LogP contribution in [0.5, 0.6) is 0 Å². The molecule has 126 valence electrons. The predicted octanol–water partition coefficient (Wildman–Crippen LogP) is 1.78. The molecule has 1 rings (SSSR count). The van der Waals surface area contributed by atoms with Crippen LogP contribution in [0.4, 0.5) is 0 Å². The van der Waals surface area contributed by atoms with Gasteiger partial charge in [0.2, 0.25) is 6.41 Å². The molecule has 0 aromatic heterocycles. The van der Waals surface area contributed by atoms with Gasteiger partial charge in [0.15, 0.2) is 0 Å². The average Bonchev–Trinajstić information content (AvgIpc) is 2.58.